The Kier molecular flexibility index (Phi) is 9.62. The minimum atomic E-state index is -5.08. The lowest BCUT2D eigenvalue weighted by atomic mass is 9.96. The Morgan fingerprint density at radius 3 is 2.11 bits per heavy atom. The number of halogens is 3. The number of aliphatic carboxylic acids is 1. The summed E-state index contributed by atoms with van der Waals surface area (Å²) in [7, 11) is 0. The number of carboxylic acids is 1. The fourth-order valence-corrected chi connectivity index (χ4v) is 3.94. The molecule has 0 aromatic heterocycles. The Bertz CT molecular complexity index is 1210. The summed E-state index contributed by atoms with van der Waals surface area (Å²) >= 11 is 0. The second kappa shape index (κ2) is 12.9. The summed E-state index contributed by atoms with van der Waals surface area (Å²) in [5.74, 6) is -2.65. The van der Waals surface area contributed by atoms with Crippen LogP contribution in [0.5, 0.6) is 0 Å². The summed E-state index contributed by atoms with van der Waals surface area (Å²) in [6.07, 6.45) is -3.39. The standard InChI is InChI=1S/C25H27N3O2.C2HF3O2/c29-24(22-11-10-19-6-4-5-7-21(19)18-22)26-14-17-28-15-12-20(13-16-28)25(30)27-23-8-2-1-3-9-23;3-2(4,5)1(6)7/h1-11,18,20H,12-17H2,(H,26,29)(H,27,30);(H,6,7). The van der Waals surface area contributed by atoms with Crippen LogP contribution in [0.4, 0.5) is 18.9 Å². The van der Waals surface area contributed by atoms with E-state index < -0.39 is 12.1 Å². The minimum Gasteiger partial charge on any atom is -0.475 e. The van der Waals surface area contributed by atoms with Gasteiger partial charge in [0.1, 0.15) is 0 Å². The van der Waals surface area contributed by atoms with Crippen LogP contribution in [0.3, 0.4) is 0 Å². The van der Waals surface area contributed by atoms with Crippen molar-refractivity contribution in [2.75, 3.05) is 31.5 Å². The molecular weight excluding hydrogens is 487 g/mol. The molecule has 0 radical (unpaired) electrons. The monoisotopic (exact) mass is 515 g/mol. The molecule has 3 aromatic rings. The first-order valence-electron chi connectivity index (χ1n) is 11.8. The number of carboxylic acid groups (broad SMARTS) is 1. The van der Waals surface area contributed by atoms with Crippen molar-refractivity contribution in [1.82, 2.24) is 10.2 Å². The lowest BCUT2D eigenvalue weighted by Crippen LogP contribution is -2.41. The van der Waals surface area contributed by atoms with Crippen LogP contribution in [-0.2, 0) is 9.59 Å². The van der Waals surface area contributed by atoms with Gasteiger partial charge in [-0.05, 0) is 61.0 Å². The molecule has 7 nitrogen and oxygen atoms in total. The second-order valence-corrected chi connectivity index (χ2v) is 8.59. The molecule has 1 fully saturated rings. The van der Waals surface area contributed by atoms with Crippen molar-refractivity contribution in [1.29, 1.82) is 0 Å². The van der Waals surface area contributed by atoms with Crippen LogP contribution >= 0.6 is 0 Å². The van der Waals surface area contributed by atoms with Crippen molar-refractivity contribution >= 4 is 34.2 Å². The summed E-state index contributed by atoms with van der Waals surface area (Å²) in [5, 5.41) is 15.3. The largest absolute Gasteiger partial charge is 0.490 e. The number of nitrogens with one attached hydrogen (secondary N) is 2. The summed E-state index contributed by atoms with van der Waals surface area (Å²) in [6, 6.07) is 23.4. The van der Waals surface area contributed by atoms with Crippen molar-refractivity contribution in [2.24, 2.45) is 5.92 Å². The average molecular weight is 516 g/mol. The predicted molar refractivity (Wildman–Crippen MR) is 134 cm³/mol. The van der Waals surface area contributed by atoms with Gasteiger partial charge in [0.05, 0.1) is 0 Å². The maximum Gasteiger partial charge on any atom is 0.490 e. The molecule has 3 aromatic carbocycles. The van der Waals surface area contributed by atoms with Gasteiger partial charge in [0.15, 0.2) is 0 Å². The van der Waals surface area contributed by atoms with Gasteiger partial charge in [0, 0.05) is 30.3 Å². The van der Waals surface area contributed by atoms with Crippen molar-refractivity contribution in [2.45, 2.75) is 19.0 Å². The maximum atomic E-state index is 12.5. The number of benzene rings is 3. The van der Waals surface area contributed by atoms with Gasteiger partial charge in [-0.2, -0.15) is 13.2 Å². The summed E-state index contributed by atoms with van der Waals surface area (Å²) in [5.41, 5.74) is 1.53. The number of piperidine rings is 1. The van der Waals surface area contributed by atoms with Gasteiger partial charge < -0.3 is 20.6 Å². The van der Waals surface area contributed by atoms with Crippen LogP contribution in [0, 0.1) is 5.92 Å². The first-order valence-corrected chi connectivity index (χ1v) is 11.8. The quantitative estimate of drug-likeness (QED) is 0.447. The van der Waals surface area contributed by atoms with Crippen molar-refractivity contribution in [3.63, 3.8) is 0 Å². The highest BCUT2D eigenvalue weighted by Gasteiger charge is 2.38. The number of hydrogen-bond donors (Lipinski definition) is 3. The van der Waals surface area contributed by atoms with Crippen LogP contribution in [0.1, 0.15) is 23.2 Å². The highest BCUT2D eigenvalue weighted by atomic mass is 19.4. The summed E-state index contributed by atoms with van der Waals surface area (Å²) in [4.78, 5) is 36.1. The van der Waals surface area contributed by atoms with Crippen molar-refractivity contribution in [3.05, 3.63) is 78.4 Å². The molecule has 1 aliphatic rings. The fraction of sp³-hybridized carbons (Fsp3) is 0.296. The predicted octanol–water partition coefficient (Wildman–Crippen LogP) is 4.55. The second-order valence-electron chi connectivity index (χ2n) is 8.59. The van der Waals surface area contributed by atoms with Crippen LogP contribution in [0.15, 0.2) is 72.8 Å². The van der Waals surface area contributed by atoms with E-state index in [4.69, 9.17) is 9.90 Å². The summed E-state index contributed by atoms with van der Waals surface area (Å²) in [6.45, 7) is 3.15. The fourth-order valence-electron chi connectivity index (χ4n) is 3.94. The Labute approximate surface area is 212 Å². The molecule has 37 heavy (non-hydrogen) atoms. The normalized spacial score (nSPS) is 14.4. The zero-order valence-electron chi connectivity index (χ0n) is 20.0. The molecule has 1 saturated heterocycles. The molecule has 1 heterocycles. The molecule has 0 atom stereocenters. The van der Waals surface area contributed by atoms with Crippen LogP contribution in [-0.4, -0.2) is 60.1 Å². The zero-order chi connectivity index (χ0) is 26.8. The third-order valence-electron chi connectivity index (χ3n) is 5.97. The Balaban J connectivity index is 0.000000479. The van der Waals surface area contributed by atoms with Gasteiger partial charge in [-0.25, -0.2) is 4.79 Å². The Morgan fingerprint density at radius 1 is 0.892 bits per heavy atom. The number of alkyl halides is 3. The number of nitrogens with zero attached hydrogens (tertiary/aromatic N) is 1. The third-order valence-corrected chi connectivity index (χ3v) is 5.97. The lowest BCUT2D eigenvalue weighted by molar-refractivity contribution is -0.192. The number of anilines is 1. The molecular formula is C27H28F3N3O4. The number of likely N-dealkylation sites (tertiary alicyclic amines) is 1. The van der Waals surface area contributed by atoms with Gasteiger partial charge in [-0.15, -0.1) is 0 Å². The van der Waals surface area contributed by atoms with Crippen LogP contribution < -0.4 is 10.6 Å². The number of amides is 2. The van der Waals surface area contributed by atoms with E-state index in [9.17, 15) is 22.8 Å². The molecule has 0 spiro atoms. The number of hydrogen-bond acceptors (Lipinski definition) is 4. The Hall–Kier alpha value is -3.92. The van der Waals surface area contributed by atoms with E-state index in [0.29, 0.717) is 12.1 Å². The van der Waals surface area contributed by atoms with Gasteiger partial charge in [-0.3, -0.25) is 9.59 Å². The summed E-state index contributed by atoms with van der Waals surface area (Å²) < 4.78 is 31.7. The highest BCUT2D eigenvalue weighted by molar-refractivity contribution is 5.98. The number of fused-ring (bicyclic) bond motifs is 1. The first-order chi connectivity index (χ1) is 17.6. The van der Waals surface area contributed by atoms with Gasteiger partial charge in [0.2, 0.25) is 5.91 Å². The SMILES string of the molecule is O=C(NCCN1CCC(C(=O)Nc2ccccc2)CC1)c1ccc2ccccc2c1.O=C(O)C(F)(F)F. The first kappa shape index (κ1) is 27.7. The molecule has 196 valence electrons. The van der Waals surface area contributed by atoms with Gasteiger partial charge in [0.25, 0.3) is 5.91 Å². The number of carbonyl (C=O) groups excluding carboxylic acids is 2. The van der Waals surface area contributed by atoms with E-state index in [1.165, 1.54) is 0 Å². The van der Waals surface area contributed by atoms with Crippen molar-refractivity contribution < 1.29 is 32.7 Å². The lowest BCUT2D eigenvalue weighted by Gasteiger charge is -2.31. The smallest absolute Gasteiger partial charge is 0.475 e. The average Bonchev–Trinajstić information content (AvgIpc) is 2.89. The van der Waals surface area contributed by atoms with E-state index in [1.54, 1.807) is 0 Å². The molecule has 0 bridgehead atoms. The van der Waals surface area contributed by atoms with Gasteiger partial charge in [-0.1, -0.05) is 48.5 Å². The third kappa shape index (κ3) is 8.60. The number of para-hydroxylation sites is 1. The van der Waals surface area contributed by atoms with Crippen LogP contribution in [0.2, 0.25) is 0 Å². The molecule has 0 aliphatic carbocycles. The van der Waals surface area contributed by atoms with E-state index in [1.807, 2.05) is 72.8 Å². The molecule has 0 saturated carbocycles. The minimum absolute atomic E-state index is 0.0436. The van der Waals surface area contributed by atoms with Crippen molar-refractivity contribution in [3.8, 4) is 0 Å². The highest BCUT2D eigenvalue weighted by Crippen LogP contribution is 2.19. The molecule has 10 heteroatoms. The van der Waals surface area contributed by atoms with E-state index in [-0.39, 0.29) is 17.7 Å². The van der Waals surface area contributed by atoms with Gasteiger partial charge >= 0.3 is 12.1 Å². The van der Waals surface area contributed by atoms with E-state index in [2.05, 4.69) is 15.5 Å². The van der Waals surface area contributed by atoms with Crippen LogP contribution in [0.25, 0.3) is 10.8 Å². The van der Waals surface area contributed by atoms with E-state index in [0.717, 1.165) is 48.9 Å². The molecule has 4 rings (SSSR count). The topological polar surface area (TPSA) is 98.7 Å². The zero-order valence-corrected chi connectivity index (χ0v) is 20.0. The molecule has 1 aliphatic heterocycles. The Morgan fingerprint density at radius 2 is 1.49 bits per heavy atom. The number of rotatable bonds is 6. The molecule has 2 amide bonds. The number of carbonyl (C=O) groups is 3. The van der Waals surface area contributed by atoms with E-state index >= 15 is 0 Å². The molecule has 3 N–H and O–H groups in total. The maximum absolute atomic E-state index is 12.5. The molecule has 0 unspecified atom stereocenters.